The normalized spacial score (nSPS) is 19.6. The highest BCUT2D eigenvalue weighted by Gasteiger charge is 2.33. The van der Waals surface area contributed by atoms with E-state index in [1.807, 2.05) is 0 Å². The number of carboxylic acid groups (broad SMARTS) is 1. The van der Waals surface area contributed by atoms with Gasteiger partial charge in [0.2, 0.25) is 0 Å². The highest BCUT2D eigenvalue weighted by Crippen LogP contribution is 2.13. The van der Waals surface area contributed by atoms with Gasteiger partial charge in [0.15, 0.2) is 6.04 Å². The summed E-state index contributed by atoms with van der Waals surface area (Å²) in [4.78, 5) is 28.3. The van der Waals surface area contributed by atoms with Gasteiger partial charge in [0.1, 0.15) is 5.69 Å². The first kappa shape index (κ1) is 12.8. The van der Waals surface area contributed by atoms with Crippen molar-refractivity contribution in [2.24, 2.45) is 0 Å². The van der Waals surface area contributed by atoms with Crippen LogP contribution in [0.4, 0.5) is 0 Å². The summed E-state index contributed by atoms with van der Waals surface area (Å²) in [5.41, 5.74) is 0.174. The van der Waals surface area contributed by atoms with Crippen LogP contribution in [-0.4, -0.2) is 52.7 Å². The summed E-state index contributed by atoms with van der Waals surface area (Å²) in [5.74, 6) is -1.51. The lowest BCUT2D eigenvalue weighted by atomic mass is 10.2. The van der Waals surface area contributed by atoms with Gasteiger partial charge in [-0.3, -0.25) is 4.79 Å². The standard InChI is InChI=1S/C11H11ClN2O4/c12-7-1-2-8(13-5-7)10(15)14-3-4-18-6-9(14)11(16)17/h1-2,5,9H,3-4,6H2,(H,16,17). The van der Waals surface area contributed by atoms with Crippen molar-refractivity contribution in [3.63, 3.8) is 0 Å². The van der Waals surface area contributed by atoms with Crippen LogP contribution in [0.2, 0.25) is 5.02 Å². The molecule has 1 aliphatic heterocycles. The maximum atomic E-state index is 12.1. The minimum absolute atomic E-state index is 0.00529. The third-order valence-electron chi connectivity index (χ3n) is 2.62. The summed E-state index contributed by atoms with van der Waals surface area (Å²) in [6.07, 6.45) is 1.35. The minimum atomic E-state index is -1.09. The second-order valence-corrected chi connectivity index (χ2v) is 4.23. The van der Waals surface area contributed by atoms with Crippen molar-refractivity contribution < 1.29 is 19.4 Å². The predicted molar refractivity (Wildman–Crippen MR) is 62.5 cm³/mol. The lowest BCUT2D eigenvalue weighted by molar-refractivity contribution is -0.147. The number of ether oxygens (including phenoxy) is 1. The Kier molecular flexibility index (Phi) is 3.78. The largest absolute Gasteiger partial charge is 0.480 e. The average Bonchev–Trinajstić information content (AvgIpc) is 2.39. The first-order chi connectivity index (χ1) is 8.59. The molecule has 0 aliphatic carbocycles. The number of aromatic nitrogens is 1. The van der Waals surface area contributed by atoms with Gasteiger partial charge in [0.25, 0.3) is 5.91 Å². The molecule has 1 aromatic rings. The smallest absolute Gasteiger partial charge is 0.328 e. The third-order valence-corrected chi connectivity index (χ3v) is 2.84. The zero-order valence-corrected chi connectivity index (χ0v) is 10.1. The first-order valence-corrected chi connectivity index (χ1v) is 5.70. The van der Waals surface area contributed by atoms with Crippen LogP contribution in [0.25, 0.3) is 0 Å². The van der Waals surface area contributed by atoms with Gasteiger partial charge in [-0.1, -0.05) is 11.6 Å². The van der Waals surface area contributed by atoms with E-state index in [1.165, 1.54) is 23.2 Å². The highest BCUT2D eigenvalue weighted by molar-refractivity contribution is 6.30. The Morgan fingerprint density at radius 2 is 2.28 bits per heavy atom. The van der Waals surface area contributed by atoms with Gasteiger partial charge >= 0.3 is 5.97 Å². The summed E-state index contributed by atoms with van der Waals surface area (Å²) in [6.45, 7) is 0.553. The molecular formula is C11H11ClN2O4. The SMILES string of the molecule is O=C(O)C1COCCN1C(=O)c1ccc(Cl)cn1. The zero-order valence-electron chi connectivity index (χ0n) is 9.38. The van der Waals surface area contributed by atoms with Gasteiger partial charge in [0.05, 0.1) is 18.2 Å². The molecule has 0 spiro atoms. The van der Waals surface area contributed by atoms with E-state index in [1.54, 1.807) is 0 Å². The number of pyridine rings is 1. The number of amides is 1. The van der Waals surface area contributed by atoms with Crippen LogP contribution in [0.1, 0.15) is 10.5 Å². The number of carbonyl (C=O) groups is 2. The van der Waals surface area contributed by atoms with Gasteiger partial charge in [-0.05, 0) is 12.1 Å². The number of hydrogen-bond donors (Lipinski definition) is 1. The minimum Gasteiger partial charge on any atom is -0.480 e. The zero-order chi connectivity index (χ0) is 13.1. The summed E-state index contributed by atoms with van der Waals surface area (Å²) >= 11 is 5.68. The second-order valence-electron chi connectivity index (χ2n) is 3.79. The number of rotatable bonds is 2. The molecule has 1 N–H and O–H groups in total. The van der Waals surface area contributed by atoms with Crippen molar-refractivity contribution in [3.05, 3.63) is 29.0 Å². The van der Waals surface area contributed by atoms with Gasteiger partial charge < -0.3 is 14.7 Å². The molecule has 2 heterocycles. The molecule has 96 valence electrons. The maximum absolute atomic E-state index is 12.1. The number of carbonyl (C=O) groups excluding carboxylic acids is 1. The fraction of sp³-hybridized carbons (Fsp3) is 0.364. The van der Waals surface area contributed by atoms with Crippen molar-refractivity contribution in [2.45, 2.75) is 6.04 Å². The number of halogens is 1. The van der Waals surface area contributed by atoms with Crippen molar-refractivity contribution in [3.8, 4) is 0 Å². The third kappa shape index (κ3) is 2.60. The van der Waals surface area contributed by atoms with Crippen molar-refractivity contribution >= 4 is 23.5 Å². The van der Waals surface area contributed by atoms with E-state index < -0.39 is 17.9 Å². The van der Waals surface area contributed by atoms with Crippen LogP contribution < -0.4 is 0 Å². The molecule has 6 nitrogen and oxygen atoms in total. The lowest BCUT2D eigenvalue weighted by Crippen LogP contribution is -2.52. The van der Waals surface area contributed by atoms with Crippen LogP contribution in [0.3, 0.4) is 0 Å². The number of hydrogen-bond acceptors (Lipinski definition) is 4. The Morgan fingerprint density at radius 3 is 2.89 bits per heavy atom. The van der Waals surface area contributed by atoms with E-state index in [2.05, 4.69) is 4.98 Å². The average molecular weight is 271 g/mol. The molecular weight excluding hydrogens is 260 g/mol. The van der Waals surface area contributed by atoms with Gasteiger partial charge in [-0.2, -0.15) is 0 Å². The Morgan fingerprint density at radius 1 is 1.50 bits per heavy atom. The Labute approximate surface area is 108 Å². The molecule has 2 rings (SSSR count). The van der Waals surface area contributed by atoms with E-state index in [0.29, 0.717) is 11.6 Å². The molecule has 1 amide bonds. The van der Waals surface area contributed by atoms with Gasteiger partial charge in [0, 0.05) is 12.7 Å². The molecule has 1 aliphatic rings. The summed E-state index contributed by atoms with van der Waals surface area (Å²) in [6, 6.07) is 2.04. The van der Waals surface area contributed by atoms with Gasteiger partial charge in [-0.15, -0.1) is 0 Å². The van der Waals surface area contributed by atoms with Gasteiger partial charge in [-0.25, -0.2) is 9.78 Å². The molecule has 0 radical (unpaired) electrons. The molecule has 1 unspecified atom stereocenters. The van der Waals surface area contributed by atoms with Crippen molar-refractivity contribution in [1.82, 2.24) is 9.88 Å². The quantitative estimate of drug-likeness (QED) is 0.854. The second kappa shape index (κ2) is 5.32. The summed E-state index contributed by atoms with van der Waals surface area (Å²) in [5, 5.41) is 9.45. The van der Waals surface area contributed by atoms with E-state index >= 15 is 0 Å². The Balaban J connectivity index is 2.20. The predicted octanol–water partition coefficient (Wildman–Crippen LogP) is 0.661. The van der Waals surface area contributed by atoms with E-state index in [9.17, 15) is 9.59 Å². The molecule has 18 heavy (non-hydrogen) atoms. The van der Waals surface area contributed by atoms with E-state index in [4.69, 9.17) is 21.4 Å². The fourth-order valence-electron chi connectivity index (χ4n) is 1.70. The van der Waals surface area contributed by atoms with Crippen molar-refractivity contribution in [2.75, 3.05) is 19.8 Å². The highest BCUT2D eigenvalue weighted by atomic mass is 35.5. The maximum Gasteiger partial charge on any atom is 0.328 e. The number of nitrogens with zero attached hydrogens (tertiary/aromatic N) is 2. The summed E-state index contributed by atoms with van der Waals surface area (Å²) < 4.78 is 5.06. The first-order valence-electron chi connectivity index (χ1n) is 5.32. The number of morpholine rings is 1. The molecule has 1 aromatic heterocycles. The molecule has 0 saturated carbocycles. The molecule has 1 saturated heterocycles. The van der Waals surface area contributed by atoms with Crippen LogP contribution in [-0.2, 0) is 9.53 Å². The molecule has 1 fully saturated rings. The fourth-order valence-corrected chi connectivity index (χ4v) is 1.81. The number of carboxylic acids is 1. The topological polar surface area (TPSA) is 79.7 Å². The van der Waals surface area contributed by atoms with Crippen LogP contribution in [0, 0.1) is 0 Å². The number of aliphatic carboxylic acids is 1. The molecule has 0 aromatic carbocycles. The summed E-state index contributed by atoms with van der Waals surface area (Å²) in [7, 11) is 0. The van der Waals surface area contributed by atoms with E-state index in [0.717, 1.165) is 0 Å². The Bertz CT molecular complexity index is 463. The lowest BCUT2D eigenvalue weighted by Gasteiger charge is -2.32. The van der Waals surface area contributed by atoms with Crippen molar-refractivity contribution in [1.29, 1.82) is 0 Å². The van der Waals surface area contributed by atoms with E-state index in [-0.39, 0.29) is 18.8 Å². The molecule has 7 heteroatoms. The van der Waals surface area contributed by atoms with Crippen LogP contribution in [0.15, 0.2) is 18.3 Å². The van der Waals surface area contributed by atoms with Crippen LogP contribution >= 0.6 is 11.6 Å². The monoisotopic (exact) mass is 270 g/mol. The Hall–Kier alpha value is -1.66. The van der Waals surface area contributed by atoms with Crippen LogP contribution in [0.5, 0.6) is 0 Å². The molecule has 1 atom stereocenters. The molecule has 0 bridgehead atoms.